The molecule has 1 fully saturated rings. The zero-order chi connectivity index (χ0) is 25.5. The summed E-state index contributed by atoms with van der Waals surface area (Å²) < 4.78 is 19.6. The molecule has 0 radical (unpaired) electrons. The number of rotatable bonds is 3. The fourth-order valence-corrected chi connectivity index (χ4v) is 5.57. The van der Waals surface area contributed by atoms with Crippen LogP contribution in [0.25, 0.3) is 0 Å². The van der Waals surface area contributed by atoms with Crippen LogP contribution in [0.1, 0.15) is 49.7 Å². The molecular weight excluding hydrogens is 457 g/mol. The number of piperidine rings is 1. The van der Waals surface area contributed by atoms with E-state index >= 15 is 0 Å². The van der Waals surface area contributed by atoms with Gasteiger partial charge in [-0.3, -0.25) is 9.59 Å². The van der Waals surface area contributed by atoms with E-state index in [0.717, 1.165) is 37.9 Å². The summed E-state index contributed by atoms with van der Waals surface area (Å²) in [4.78, 5) is 30.3. The highest BCUT2D eigenvalue weighted by atomic mass is 19.1. The van der Waals surface area contributed by atoms with Crippen molar-refractivity contribution in [2.45, 2.75) is 57.4 Å². The standard InChI is InChI=1S/C29H38FN3O3/c1-32-18-19-36-26-12-5-4-10-23(26)9-3-2-6-13-29(28(32)35)14-16-33(17-15-29)27(34)25(31)21-22-8-7-11-24(30)20-22/h4-5,7-8,10-12,20,25H,2-3,6,9,13-19,21,31H2,1H3/t25-/m1/s1. The van der Waals surface area contributed by atoms with Gasteiger partial charge in [0.05, 0.1) is 18.0 Å². The first-order chi connectivity index (χ1) is 17.4. The Hall–Kier alpha value is -2.93. The number of fused-ring (bicyclic) bond motifs is 1. The van der Waals surface area contributed by atoms with Crippen LogP contribution in [0.2, 0.25) is 0 Å². The molecule has 7 heteroatoms. The molecule has 194 valence electrons. The summed E-state index contributed by atoms with van der Waals surface area (Å²) >= 11 is 0. The summed E-state index contributed by atoms with van der Waals surface area (Å²) in [7, 11) is 1.85. The summed E-state index contributed by atoms with van der Waals surface area (Å²) in [5.41, 5.74) is 7.69. The number of halogens is 1. The van der Waals surface area contributed by atoms with E-state index in [1.807, 2.05) is 25.2 Å². The van der Waals surface area contributed by atoms with E-state index in [2.05, 4.69) is 6.07 Å². The third-order valence-electron chi connectivity index (χ3n) is 7.75. The van der Waals surface area contributed by atoms with Gasteiger partial charge in [-0.25, -0.2) is 4.39 Å². The maximum absolute atomic E-state index is 13.7. The average molecular weight is 496 g/mol. The number of benzene rings is 2. The number of likely N-dealkylation sites (N-methyl/N-ethyl adjacent to an activating group) is 1. The van der Waals surface area contributed by atoms with Crippen molar-refractivity contribution in [1.82, 2.24) is 9.80 Å². The lowest BCUT2D eigenvalue weighted by molar-refractivity contribution is -0.148. The Balaban J connectivity index is 1.39. The molecule has 2 amide bonds. The number of carbonyl (C=O) groups is 2. The van der Waals surface area contributed by atoms with Gasteiger partial charge in [0.25, 0.3) is 0 Å². The second-order valence-corrected chi connectivity index (χ2v) is 10.3. The SMILES string of the molecule is CN1CCOc2ccccc2CCCCCC2(CCN(C(=O)[C@H](N)Cc3cccc(F)c3)CC2)C1=O. The summed E-state index contributed by atoms with van der Waals surface area (Å²) in [6, 6.07) is 13.6. The quantitative estimate of drug-likeness (QED) is 0.700. The second kappa shape index (κ2) is 11.9. The van der Waals surface area contributed by atoms with E-state index in [1.165, 1.54) is 17.7 Å². The number of likely N-dealkylation sites (tertiary alicyclic amines) is 1. The van der Waals surface area contributed by atoms with Crippen molar-refractivity contribution in [3.63, 3.8) is 0 Å². The molecule has 1 saturated heterocycles. The minimum atomic E-state index is -0.724. The van der Waals surface area contributed by atoms with Crippen LogP contribution in [0.3, 0.4) is 0 Å². The summed E-state index contributed by atoms with van der Waals surface area (Å²) in [6.45, 7) is 2.00. The lowest BCUT2D eigenvalue weighted by Crippen LogP contribution is -2.54. The minimum Gasteiger partial charge on any atom is -0.491 e. The van der Waals surface area contributed by atoms with Crippen LogP contribution in [0.15, 0.2) is 48.5 Å². The van der Waals surface area contributed by atoms with E-state index < -0.39 is 11.5 Å². The molecule has 2 heterocycles. The number of hydrogen-bond acceptors (Lipinski definition) is 4. The summed E-state index contributed by atoms with van der Waals surface area (Å²) in [6.07, 6.45) is 6.45. The lowest BCUT2D eigenvalue weighted by atomic mass is 9.73. The lowest BCUT2D eigenvalue weighted by Gasteiger charge is -2.43. The molecule has 36 heavy (non-hydrogen) atoms. The van der Waals surface area contributed by atoms with Crippen LogP contribution in [0, 0.1) is 11.2 Å². The van der Waals surface area contributed by atoms with Crippen LogP contribution in [0.4, 0.5) is 4.39 Å². The number of nitrogens with two attached hydrogens (primary N) is 1. The molecule has 4 rings (SSSR count). The molecule has 0 aromatic heterocycles. The Morgan fingerprint density at radius 2 is 1.83 bits per heavy atom. The van der Waals surface area contributed by atoms with E-state index in [9.17, 15) is 14.0 Å². The van der Waals surface area contributed by atoms with Gasteiger partial charge in [-0.05, 0) is 67.9 Å². The van der Waals surface area contributed by atoms with E-state index in [-0.39, 0.29) is 17.6 Å². The maximum Gasteiger partial charge on any atom is 0.239 e. The number of aryl methyl sites for hydroxylation is 1. The molecule has 0 saturated carbocycles. The molecule has 2 aliphatic heterocycles. The average Bonchev–Trinajstić information content (AvgIpc) is 2.89. The Morgan fingerprint density at radius 3 is 2.61 bits per heavy atom. The Morgan fingerprint density at radius 1 is 1.06 bits per heavy atom. The molecular formula is C29H38FN3O3. The van der Waals surface area contributed by atoms with Gasteiger partial charge in [0.1, 0.15) is 18.2 Å². The number of hydrogen-bond donors (Lipinski definition) is 1. The Kier molecular flexibility index (Phi) is 8.62. The Labute approximate surface area is 213 Å². The van der Waals surface area contributed by atoms with Crippen molar-refractivity contribution < 1.29 is 18.7 Å². The molecule has 2 N–H and O–H groups in total. The van der Waals surface area contributed by atoms with Gasteiger partial charge in [-0.2, -0.15) is 0 Å². The van der Waals surface area contributed by atoms with E-state index in [4.69, 9.17) is 10.5 Å². The molecule has 0 aliphatic carbocycles. The highest BCUT2D eigenvalue weighted by Crippen LogP contribution is 2.39. The first kappa shape index (κ1) is 26.1. The fourth-order valence-electron chi connectivity index (χ4n) is 5.57. The van der Waals surface area contributed by atoms with Crippen molar-refractivity contribution in [2.24, 2.45) is 11.1 Å². The van der Waals surface area contributed by atoms with Gasteiger partial charge in [0.2, 0.25) is 11.8 Å². The van der Waals surface area contributed by atoms with Crippen LogP contribution in [-0.2, 0) is 22.4 Å². The van der Waals surface area contributed by atoms with Gasteiger partial charge in [0.15, 0.2) is 0 Å². The smallest absolute Gasteiger partial charge is 0.239 e. The minimum absolute atomic E-state index is 0.134. The summed E-state index contributed by atoms with van der Waals surface area (Å²) in [5.74, 6) is 0.594. The highest BCUT2D eigenvalue weighted by Gasteiger charge is 2.43. The van der Waals surface area contributed by atoms with Gasteiger partial charge in [-0.1, -0.05) is 43.2 Å². The fraction of sp³-hybridized carbons (Fsp3) is 0.517. The molecule has 2 aliphatic rings. The van der Waals surface area contributed by atoms with Crippen molar-refractivity contribution in [2.75, 3.05) is 33.3 Å². The molecule has 0 bridgehead atoms. The van der Waals surface area contributed by atoms with Crippen molar-refractivity contribution in [1.29, 1.82) is 0 Å². The number of nitrogens with zero attached hydrogens (tertiary/aromatic N) is 2. The second-order valence-electron chi connectivity index (χ2n) is 10.3. The van der Waals surface area contributed by atoms with Gasteiger partial charge < -0.3 is 20.3 Å². The van der Waals surface area contributed by atoms with Gasteiger partial charge in [-0.15, -0.1) is 0 Å². The normalized spacial score (nSPS) is 19.9. The zero-order valence-electron chi connectivity index (χ0n) is 21.3. The topological polar surface area (TPSA) is 75.9 Å². The number of carbonyl (C=O) groups excluding carboxylic acids is 2. The van der Waals surface area contributed by atoms with E-state index in [0.29, 0.717) is 51.1 Å². The third kappa shape index (κ3) is 6.25. The largest absolute Gasteiger partial charge is 0.491 e. The zero-order valence-corrected chi connectivity index (χ0v) is 21.3. The van der Waals surface area contributed by atoms with Crippen LogP contribution in [-0.4, -0.2) is 60.9 Å². The first-order valence-corrected chi connectivity index (χ1v) is 13.1. The van der Waals surface area contributed by atoms with Gasteiger partial charge in [0, 0.05) is 20.1 Å². The molecule has 2 aromatic carbocycles. The van der Waals surface area contributed by atoms with E-state index in [1.54, 1.807) is 21.9 Å². The molecule has 2 aromatic rings. The number of ether oxygens (including phenoxy) is 1. The monoisotopic (exact) mass is 495 g/mol. The van der Waals surface area contributed by atoms with Crippen molar-refractivity contribution >= 4 is 11.8 Å². The molecule has 1 atom stereocenters. The van der Waals surface area contributed by atoms with Crippen LogP contribution in [0.5, 0.6) is 5.75 Å². The third-order valence-corrected chi connectivity index (χ3v) is 7.75. The highest BCUT2D eigenvalue weighted by molar-refractivity contribution is 5.84. The van der Waals surface area contributed by atoms with Crippen molar-refractivity contribution in [3.8, 4) is 5.75 Å². The predicted molar refractivity (Wildman–Crippen MR) is 138 cm³/mol. The molecule has 0 unspecified atom stereocenters. The van der Waals surface area contributed by atoms with Gasteiger partial charge >= 0.3 is 0 Å². The predicted octanol–water partition coefficient (Wildman–Crippen LogP) is 3.96. The number of para-hydroxylation sites is 1. The first-order valence-electron chi connectivity index (χ1n) is 13.1. The number of amides is 2. The van der Waals surface area contributed by atoms with Crippen molar-refractivity contribution in [3.05, 3.63) is 65.5 Å². The molecule has 6 nitrogen and oxygen atoms in total. The van der Waals surface area contributed by atoms with Crippen LogP contribution < -0.4 is 10.5 Å². The Bertz CT molecular complexity index is 1050. The maximum atomic E-state index is 13.7. The molecule has 1 spiro atoms. The van der Waals surface area contributed by atoms with Crippen LogP contribution >= 0.6 is 0 Å². The summed E-state index contributed by atoms with van der Waals surface area (Å²) in [5, 5.41) is 0.